The molecule has 1 aromatic carbocycles. The Morgan fingerprint density at radius 1 is 1.40 bits per heavy atom. The Hall–Kier alpha value is -1.39. The van der Waals surface area contributed by atoms with Crippen LogP contribution in [-0.4, -0.2) is 36.5 Å². The zero-order valence-corrected chi connectivity index (χ0v) is 12.6. The highest BCUT2D eigenvalue weighted by atomic mass is 16.5. The van der Waals surface area contributed by atoms with Crippen molar-refractivity contribution < 1.29 is 9.53 Å². The molecule has 1 amide bonds. The summed E-state index contributed by atoms with van der Waals surface area (Å²) < 4.78 is 5.61. The zero-order valence-electron chi connectivity index (χ0n) is 12.6. The molecule has 0 aromatic heterocycles. The lowest BCUT2D eigenvalue weighted by Crippen LogP contribution is -2.47. The summed E-state index contributed by atoms with van der Waals surface area (Å²) in [5.74, 6) is 0.151. The number of benzene rings is 1. The molecule has 20 heavy (non-hydrogen) atoms. The second-order valence-electron chi connectivity index (χ2n) is 5.17. The Bertz CT molecular complexity index is 458. The van der Waals surface area contributed by atoms with Crippen LogP contribution in [0.25, 0.3) is 0 Å². The van der Waals surface area contributed by atoms with Crippen molar-refractivity contribution in [3.8, 4) is 0 Å². The number of carbonyl (C=O) groups excluding carboxylic acids is 1. The molecule has 1 aliphatic heterocycles. The summed E-state index contributed by atoms with van der Waals surface area (Å²) in [6, 6.07) is 8.15. The highest BCUT2D eigenvalue weighted by molar-refractivity contribution is 5.81. The van der Waals surface area contributed by atoms with E-state index in [0.717, 1.165) is 13.1 Å². The highest BCUT2D eigenvalue weighted by Crippen LogP contribution is 2.24. The molecule has 0 bridgehead atoms. The van der Waals surface area contributed by atoms with Gasteiger partial charge in [-0.25, -0.2) is 0 Å². The SMILES string of the molecule is CCN(CC)C(=O)C(C)NC1COCc2ccccc21. The molecule has 2 rings (SSSR count). The first-order valence-corrected chi connectivity index (χ1v) is 7.37. The van der Waals surface area contributed by atoms with Crippen LogP contribution >= 0.6 is 0 Å². The second kappa shape index (κ2) is 6.86. The minimum Gasteiger partial charge on any atom is -0.375 e. The standard InChI is InChI=1S/C16H24N2O2/c1-4-18(5-2)16(19)12(3)17-15-11-20-10-13-8-6-7-9-14(13)15/h6-9,12,15,17H,4-5,10-11H2,1-3H3. The topological polar surface area (TPSA) is 41.6 Å². The van der Waals surface area contributed by atoms with Crippen molar-refractivity contribution in [2.75, 3.05) is 19.7 Å². The number of amides is 1. The first-order chi connectivity index (χ1) is 9.67. The summed E-state index contributed by atoms with van der Waals surface area (Å²) in [6.07, 6.45) is 0. The molecule has 0 spiro atoms. The Morgan fingerprint density at radius 2 is 2.10 bits per heavy atom. The minimum atomic E-state index is -0.199. The van der Waals surface area contributed by atoms with Gasteiger partial charge in [0.25, 0.3) is 0 Å². The summed E-state index contributed by atoms with van der Waals surface area (Å²) in [5.41, 5.74) is 2.46. The molecule has 0 saturated carbocycles. The van der Waals surface area contributed by atoms with Crippen molar-refractivity contribution in [1.29, 1.82) is 0 Å². The van der Waals surface area contributed by atoms with Crippen LogP contribution in [0.2, 0.25) is 0 Å². The average Bonchev–Trinajstić information content (AvgIpc) is 2.48. The van der Waals surface area contributed by atoms with Crippen molar-refractivity contribution in [3.63, 3.8) is 0 Å². The maximum absolute atomic E-state index is 12.3. The van der Waals surface area contributed by atoms with Crippen molar-refractivity contribution >= 4 is 5.91 Å². The van der Waals surface area contributed by atoms with E-state index in [4.69, 9.17) is 4.74 Å². The Balaban J connectivity index is 2.06. The van der Waals surface area contributed by atoms with Crippen LogP contribution in [0, 0.1) is 0 Å². The predicted molar refractivity (Wildman–Crippen MR) is 79.4 cm³/mol. The van der Waals surface area contributed by atoms with Crippen LogP contribution in [0.4, 0.5) is 0 Å². The van der Waals surface area contributed by atoms with Gasteiger partial charge in [-0.3, -0.25) is 10.1 Å². The lowest BCUT2D eigenvalue weighted by atomic mass is 9.98. The molecule has 4 heteroatoms. The number of nitrogens with zero attached hydrogens (tertiary/aromatic N) is 1. The van der Waals surface area contributed by atoms with Crippen molar-refractivity contribution in [3.05, 3.63) is 35.4 Å². The molecule has 4 nitrogen and oxygen atoms in total. The molecule has 1 aromatic rings. The minimum absolute atomic E-state index is 0.0921. The van der Waals surface area contributed by atoms with E-state index in [1.165, 1.54) is 11.1 Å². The summed E-state index contributed by atoms with van der Waals surface area (Å²) >= 11 is 0. The van der Waals surface area contributed by atoms with Crippen LogP contribution < -0.4 is 5.32 Å². The van der Waals surface area contributed by atoms with E-state index >= 15 is 0 Å². The summed E-state index contributed by atoms with van der Waals surface area (Å²) in [4.78, 5) is 14.2. The van der Waals surface area contributed by atoms with E-state index in [1.807, 2.05) is 37.8 Å². The van der Waals surface area contributed by atoms with Crippen molar-refractivity contribution in [1.82, 2.24) is 10.2 Å². The van der Waals surface area contributed by atoms with E-state index in [-0.39, 0.29) is 18.0 Å². The highest BCUT2D eigenvalue weighted by Gasteiger charge is 2.25. The number of likely N-dealkylation sites (N-methyl/N-ethyl adjacent to an activating group) is 1. The smallest absolute Gasteiger partial charge is 0.239 e. The second-order valence-corrected chi connectivity index (χ2v) is 5.17. The van der Waals surface area contributed by atoms with Gasteiger partial charge in [0.15, 0.2) is 0 Å². The number of hydrogen-bond donors (Lipinski definition) is 1. The fourth-order valence-electron chi connectivity index (χ4n) is 2.70. The number of fused-ring (bicyclic) bond motifs is 1. The number of carbonyl (C=O) groups is 1. The predicted octanol–water partition coefficient (Wildman–Crippen LogP) is 2.10. The Labute approximate surface area is 121 Å². The summed E-state index contributed by atoms with van der Waals surface area (Å²) in [6.45, 7) is 8.72. The van der Waals surface area contributed by atoms with Gasteiger partial charge in [-0.1, -0.05) is 24.3 Å². The van der Waals surface area contributed by atoms with Crippen molar-refractivity contribution in [2.24, 2.45) is 0 Å². The fraction of sp³-hybridized carbons (Fsp3) is 0.562. The first-order valence-electron chi connectivity index (χ1n) is 7.37. The maximum Gasteiger partial charge on any atom is 0.239 e. The largest absolute Gasteiger partial charge is 0.375 e. The van der Waals surface area contributed by atoms with Gasteiger partial charge in [0, 0.05) is 13.1 Å². The third-order valence-electron chi connectivity index (χ3n) is 3.87. The number of hydrogen-bond acceptors (Lipinski definition) is 3. The molecule has 0 saturated heterocycles. The van der Waals surface area contributed by atoms with Crippen LogP contribution in [0.1, 0.15) is 37.9 Å². The molecule has 0 aliphatic carbocycles. The number of rotatable bonds is 5. The third kappa shape index (κ3) is 3.19. The first kappa shape index (κ1) is 15.0. The van der Waals surface area contributed by atoms with Gasteiger partial charge < -0.3 is 9.64 Å². The van der Waals surface area contributed by atoms with Gasteiger partial charge in [-0.05, 0) is 31.9 Å². The molecule has 2 unspecified atom stereocenters. The average molecular weight is 276 g/mol. The van der Waals surface area contributed by atoms with E-state index < -0.39 is 0 Å². The number of nitrogens with one attached hydrogen (secondary N) is 1. The van der Waals surface area contributed by atoms with E-state index in [9.17, 15) is 4.79 Å². The van der Waals surface area contributed by atoms with Crippen LogP contribution in [0.3, 0.4) is 0 Å². The van der Waals surface area contributed by atoms with Crippen LogP contribution in [0.15, 0.2) is 24.3 Å². The molecule has 1 aliphatic rings. The van der Waals surface area contributed by atoms with Gasteiger partial charge in [0.1, 0.15) is 0 Å². The fourth-order valence-corrected chi connectivity index (χ4v) is 2.70. The quantitative estimate of drug-likeness (QED) is 0.895. The lowest BCUT2D eigenvalue weighted by molar-refractivity contribution is -0.133. The van der Waals surface area contributed by atoms with Gasteiger partial charge in [-0.2, -0.15) is 0 Å². The van der Waals surface area contributed by atoms with Gasteiger partial charge >= 0.3 is 0 Å². The van der Waals surface area contributed by atoms with Crippen LogP contribution in [0.5, 0.6) is 0 Å². The maximum atomic E-state index is 12.3. The van der Waals surface area contributed by atoms with Crippen molar-refractivity contribution in [2.45, 2.75) is 39.5 Å². The van der Waals surface area contributed by atoms with E-state index in [1.54, 1.807) is 0 Å². The molecular weight excluding hydrogens is 252 g/mol. The Morgan fingerprint density at radius 3 is 2.80 bits per heavy atom. The van der Waals surface area contributed by atoms with Gasteiger partial charge in [0.05, 0.1) is 25.3 Å². The zero-order chi connectivity index (χ0) is 14.5. The Kier molecular flexibility index (Phi) is 5.15. The molecule has 110 valence electrons. The lowest BCUT2D eigenvalue weighted by Gasteiger charge is -2.31. The molecule has 0 fully saturated rings. The number of ether oxygens (including phenoxy) is 1. The third-order valence-corrected chi connectivity index (χ3v) is 3.87. The molecule has 2 atom stereocenters. The summed E-state index contributed by atoms with van der Waals surface area (Å²) in [5, 5.41) is 3.41. The van der Waals surface area contributed by atoms with E-state index in [0.29, 0.717) is 13.2 Å². The molecule has 1 heterocycles. The molecule has 1 N–H and O–H groups in total. The van der Waals surface area contributed by atoms with Crippen LogP contribution in [-0.2, 0) is 16.1 Å². The van der Waals surface area contributed by atoms with E-state index in [2.05, 4.69) is 17.4 Å². The van der Waals surface area contributed by atoms with Gasteiger partial charge in [0.2, 0.25) is 5.91 Å². The molecule has 0 radical (unpaired) electrons. The molecular formula is C16H24N2O2. The monoisotopic (exact) mass is 276 g/mol. The normalized spacial score (nSPS) is 19.2. The summed E-state index contributed by atoms with van der Waals surface area (Å²) in [7, 11) is 0. The van der Waals surface area contributed by atoms with Gasteiger partial charge in [-0.15, -0.1) is 0 Å².